The quantitative estimate of drug-likeness (QED) is 0.550. The van der Waals surface area contributed by atoms with Crippen molar-refractivity contribution in [2.24, 2.45) is 0 Å². The number of rotatable bonds is 5. The number of carbonyl (C=O) groups excluding carboxylic acids is 1. The lowest BCUT2D eigenvalue weighted by Crippen LogP contribution is -2.49. The van der Waals surface area contributed by atoms with Crippen molar-refractivity contribution >= 4 is 5.97 Å². The maximum atomic E-state index is 11.2. The third kappa shape index (κ3) is 4.42. The molecular weight excluding hydrogens is 228 g/mol. The predicted molar refractivity (Wildman–Crippen MR) is 73.5 cm³/mol. The molecular formula is C14H26N2O2. The van der Waals surface area contributed by atoms with E-state index in [-0.39, 0.29) is 5.97 Å². The summed E-state index contributed by atoms with van der Waals surface area (Å²) < 4.78 is 4.68. The summed E-state index contributed by atoms with van der Waals surface area (Å²) >= 11 is 0. The summed E-state index contributed by atoms with van der Waals surface area (Å²) in [4.78, 5) is 16.2. The van der Waals surface area contributed by atoms with Crippen molar-refractivity contribution in [2.75, 3.05) is 39.8 Å². The van der Waals surface area contributed by atoms with E-state index in [1.54, 1.807) is 6.92 Å². The van der Waals surface area contributed by atoms with E-state index in [0.717, 1.165) is 32.7 Å². The highest BCUT2D eigenvalue weighted by atomic mass is 16.5. The molecule has 0 aromatic carbocycles. The van der Waals surface area contributed by atoms with Crippen LogP contribution in [-0.2, 0) is 9.53 Å². The van der Waals surface area contributed by atoms with E-state index in [1.807, 2.05) is 6.08 Å². The normalized spacial score (nSPS) is 20.8. The van der Waals surface area contributed by atoms with Crippen LogP contribution < -0.4 is 0 Å². The number of methoxy groups -OCH3 is 1. The fraction of sp³-hybridized carbons (Fsp3) is 0.786. The topological polar surface area (TPSA) is 32.8 Å². The molecule has 0 radical (unpaired) electrons. The Morgan fingerprint density at radius 1 is 1.33 bits per heavy atom. The highest BCUT2D eigenvalue weighted by molar-refractivity contribution is 5.87. The molecule has 0 aliphatic carbocycles. The molecule has 0 bridgehead atoms. The minimum atomic E-state index is -0.228. The zero-order valence-corrected chi connectivity index (χ0v) is 12.1. The molecule has 18 heavy (non-hydrogen) atoms. The van der Waals surface area contributed by atoms with Gasteiger partial charge in [-0.25, -0.2) is 4.79 Å². The Bertz CT molecular complexity index is 294. The lowest BCUT2D eigenvalue weighted by Gasteiger charge is -2.37. The van der Waals surface area contributed by atoms with Crippen molar-refractivity contribution in [3.8, 4) is 0 Å². The maximum absolute atomic E-state index is 11.2. The molecule has 1 rings (SSSR count). The third-order valence-electron chi connectivity index (χ3n) is 3.78. The molecule has 1 aliphatic rings. The van der Waals surface area contributed by atoms with Gasteiger partial charge >= 0.3 is 5.97 Å². The summed E-state index contributed by atoms with van der Waals surface area (Å²) in [5.41, 5.74) is 0.696. The first-order valence-electron chi connectivity index (χ1n) is 6.80. The van der Waals surface area contributed by atoms with Crippen molar-refractivity contribution in [2.45, 2.75) is 33.2 Å². The van der Waals surface area contributed by atoms with Crippen LogP contribution in [0.25, 0.3) is 0 Å². The second-order valence-electron chi connectivity index (χ2n) is 4.97. The second kappa shape index (κ2) is 7.54. The van der Waals surface area contributed by atoms with E-state index in [2.05, 4.69) is 28.4 Å². The largest absolute Gasteiger partial charge is 0.466 e. The first kappa shape index (κ1) is 15.2. The van der Waals surface area contributed by atoms with Crippen LogP contribution in [0.3, 0.4) is 0 Å². The Hall–Kier alpha value is -0.870. The number of ether oxygens (including phenoxy) is 1. The molecule has 0 aromatic heterocycles. The average molecular weight is 254 g/mol. The van der Waals surface area contributed by atoms with Crippen LogP contribution in [0.4, 0.5) is 0 Å². The third-order valence-corrected chi connectivity index (χ3v) is 3.78. The van der Waals surface area contributed by atoms with E-state index in [4.69, 9.17) is 0 Å². The number of nitrogens with zero attached hydrogens (tertiary/aromatic N) is 2. The van der Waals surface area contributed by atoms with Gasteiger partial charge in [-0.05, 0) is 20.3 Å². The lowest BCUT2D eigenvalue weighted by molar-refractivity contribution is -0.136. The molecule has 4 heteroatoms. The van der Waals surface area contributed by atoms with Crippen molar-refractivity contribution in [1.29, 1.82) is 0 Å². The van der Waals surface area contributed by atoms with E-state index >= 15 is 0 Å². The number of esters is 1. The van der Waals surface area contributed by atoms with Crippen LogP contribution in [0.15, 0.2) is 11.6 Å². The monoisotopic (exact) mass is 254 g/mol. The fourth-order valence-corrected chi connectivity index (χ4v) is 2.16. The van der Waals surface area contributed by atoms with E-state index in [0.29, 0.717) is 11.6 Å². The molecule has 1 aliphatic heterocycles. The van der Waals surface area contributed by atoms with Crippen LogP contribution in [-0.4, -0.2) is 61.6 Å². The molecule has 4 nitrogen and oxygen atoms in total. The summed E-state index contributed by atoms with van der Waals surface area (Å²) in [6, 6.07) is 0.680. The Morgan fingerprint density at radius 3 is 2.44 bits per heavy atom. The van der Waals surface area contributed by atoms with Crippen molar-refractivity contribution in [3.05, 3.63) is 11.6 Å². The second-order valence-corrected chi connectivity index (χ2v) is 4.97. The van der Waals surface area contributed by atoms with Gasteiger partial charge in [0.2, 0.25) is 0 Å². The molecule has 0 saturated carbocycles. The first-order valence-corrected chi connectivity index (χ1v) is 6.80. The highest BCUT2D eigenvalue weighted by Crippen LogP contribution is 2.09. The smallest absolute Gasteiger partial charge is 0.333 e. The molecule has 1 fully saturated rings. The Labute approximate surface area is 111 Å². The minimum Gasteiger partial charge on any atom is -0.466 e. The molecule has 0 N–H and O–H groups in total. The van der Waals surface area contributed by atoms with Crippen LogP contribution in [0.2, 0.25) is 0 Å². The van der Waals surface area contributed by atoms with Gasteiger partial charge in [-0.15, -0.1) is 0 Å². The van der Waals surface area contributed by atoms with Crippen LogP contribution in [0, 0.1) is 0 Å². The van der Waals surface area contributed by atoms with Gasteiger partial charge in [0, 0.05) is 44.3 Å². The summed E-state index contributed by atoms with van der Waals surface area (Å²) in [5.74, 6) is -0.228. The number of piperazine rings is 1. The lowest BCUT2D eigenvalue weighted by atomic mass is 10.2. The molecule has 0 amide bonds. The van der Waals surface area contributed by atoms with E-state index in [1.165, 1.54) is 13.5 Å². The van der Waals surface area contributed by atoms with Gasteiger partial charge in [0.05, 0.1) is 7.11 Å². The van der Waals surface area contributed by atoms with Crippen LogP contribution in [0.5, 0.6) is 0 Å². The van der Waals surface area contributed by atoms with Crippen LogP contribution in [0.1, 0.15) is 27.2 Å². The van der Waals surface area contributed by atoms with Gasteiger partial charge in [-0.1, -0.05) is 13.0 Å². The fourth-order valence-electron chi connectivity index (χ4n) is 2.16. The molecule has 104 valence electrons. The Kier molecular flexibility index (Phi) is 6.36. The Morgan fingerprint density at radius 2 is 1.94 bits per heavy atom. The van der Waals surface area contributed by atoms with E-state index in [9.17, 15) is 4.79 Å². The zero-order chi connectivity index (χ0) is 13.5. The molecule has 1 atom stereocenters. The number of carbonyl (C=O) groups is 1. The number of hydrogen-bond donors (Lipinski definition) is 0. The van der Waals surface area contributed by atoms with E-state index < -0.39 is 0 Å². The van der Waals surface area contributed by atoms with Gasteiger partial charge in [-0.2, -0.15) is 0 Å². The standard InChI is InChI=1S/C14H26N2O2/c1-5-13(3)16-10-8-15(9-11-16)7-6-12(2)14(17)18-4/h6,13H,5,7-11H2,1-4H3. The predicted octanol–water partition coefficient (Wildman–Crippen LogP) is 1.52. The van der Waals surface area contributed by atoms with Gasteiger partial charge in [0.25, 0.3) is 0 Å². The zero-order valence-electron chi connectivity index (χ0n) is 12.1. The maximum Gasteiger partial charge on any atom is 0.333 e. The van der Waals surface area contributed by atoms with Gasteiger partial charge in [0.1, 0.15) is 0 Å². The summed E-state index contributed by atoms with van der Waals surface area (Å²) in [7, 11) is 1.42. The average Bonchev–Trinajstić information content (AvgIpc) is 2.43. The molecule has 1 saturated heterocycles. The molecule has 1 unspecified atom stereocenters. The first-order chi connectivity index (χ1) is 8.58. The van der Waals surface area contributed by atoms with Gasteiger partial charge < -0.3 is 4.74 Å². The summed E-state index contributed by atoms with van der Waals surface area (Å²) in [6.45, 7) is 11.6. The molecule has 1 heterocycles. The van der Waals surface area contributed by atoms with Crippen molar-refractivity contribution < 1.29 is 9.53 Å². The SMILES string of the molecule is CCC(C)N1CCN(CC=C(C)C(=O)OC)CC1. The summed E-state index contributed by atoms with van der Waals surface area (Å²) in [6.07, 6.45) is 3.17. The van der Waals surface area contributed by atoms with Crippen molar-refractivity contribution in [3.63, 3.8) is 0 Å². The minimum absolute atomic E-state index is 0.228. The van der Waals surface area contributed by atoms with Crippen molar-refractivity contribution in [1.82, 2.24) is 9.80 Å². The molecule has 0 spiro atoms. The van der Waals surface area contributed by atoms with Gasteiger partial charge in [-0.3, -0.25) is 9.80 Å². The van der Waals surface area contributed by atoms with Gasteiger partial charge in [0.15, 0.2) is 0 Å². The highest BCUT2D eigenvalue weighted by Gasteiger charge is 2.19. The van der Waals surface area contributed by atoms with Crippen LogP contribution >= 0.6 is 0 Å². The number of hydrogen-bond acceptors (Lipinski definition) is 4. The summed E-state index contributed by atoms with van der Waals surface area (Å²) in [5, 5.41) is 0. The molecule has 0 aromatic rings. The Balaban J connectivity index is 2.34.